The summed E-state index contributed by atoms with van der Waals surface area (Å²) >= 11 is 0. The van der Waals surface area contributed by atoms with Crippen molar-refractivity contribution in [1.29, 1.82) is 0 Å². The lowest BCUT2D eigenvalue weighted by molar-refractivity contribution is -0.153. The minimum Gasteiger partial charge on any atom is -0.475 e. The first kappa shape index (κ1) is 23.3. The third-order valence-corrected chi connectivity index (χ3v) is 5.78. The number of nitrogens with zero attached hydrogens (tertiary/aromatic N) is 5. The van der Waals surface area contributed by atoms with E-state index in [1.807, 2.05) is 25.7 Å². The van der Waals surface area contributed by atoms with E-state index in [-0.39, 0.29) is 43.2 Å². The van der Waals surface area contributed by atoms with E-state index in [0.717, 1.165) is 0 Å². The van der Waals surface area contributed by atoms with E-state index in [1.54, 1.807) is 12.1 Å². The van der Waals surface area contributed by atoms with Gasteiger partial charge in [-0.1, -0.05) is 6.07 Å². The number of alkyl halides is 3. The molecule has 4 rings (SSSR count). The summed E-state index contributed by atoms with van der Waals surface area (Å²) in [7, 11) is 0. The molecule has 0 N–H and O–H groups in total. The molecule has 33 heavy (non-hydrogen) atoms. The SMILES string of the molecule is CC(C)Oc1ccc(CN2c3nc(N4CCOCC4C)cc(=O)n3CCC2C(F)(F)F)cn1. The number of ether oxygens (including phenoxy) is 2. The number of hydrogen-bond acceptors (Lipinski definition) is 7. The Kier molecular flexibility index (Phi) is 6.51. The van der Waals surface area contributed by atoms with Gasteiger partial charge in [0.25, 0.3) is 5.56 Å². The molecule has 0 amide bonds. The van der Waals surface area contributed by atoms with Gasteiger partial charge in [-0.3, -0.25) is 9.36 Å². The number of anilines is 2. The van der Waals surface area contributed by atoms with Crippen LogP contribution in [-0.4, -0.2) is 58.7 Å². The molecule has 2 aromatic rings. The zero-order valence-corrected chi connectivity index (χ0v) is 18.9. The van der Waals surface area contributed by atoms with E-state index in [0.29, 0.717) is 37.0 Å². The fourth-order valence-electron chi connectivity index (χ4n) is 4.21. The predicted molar refractivity (Wildman–Crippen MR) is 117 cm³/mol. The molecule has 2 aliphatic rings. The molecule has 11 heteroatoms. The van der Waals surface area contributed by atoms with Gasteiger partial charge < -0.3 is 19.3 Å². The number of rotatable bonds is 5. The lowest BCUT2D eigenvalue weighted by Crippen LogP contribution is -2.52. The van der Waals surface area contributed by atoms with Crippen LogP contribution in [0, 0.1) is 0 Å². The molecule has 0 bridgehead atoms. The quantitative estimate of drug-likeness (QED) is 0.670. The number of morpholine rings is 1. The highest BCUT2D eigenvalue weighted by molar-refractivity contribution is 5.48. The molecule has 1 saturated heterocycles. The van der Waals surface area contributed by atoms with Gasteiger partial charge in [0.05, 0.1) is 25.4 Å². The van der Waals surface area contributed by atoms with Crippen LogP contribution in [0.1, 0.15) is 32.8 Å². The molecule has 2 unspecified atom stereocenters. The van der Waals surface area contributed by atoms with Gasteiger partial charge in [-0.05, 0) is 32.8 Å². The summed E-state index contributed by atoms with van der Waals surface area (Å²) in [5.41, 5.74) is 0.200. The Balaban J connectivity index is 1.71. The van der Waals surface area contributed by atoms with Crippen LogP contribution in [0.3, 0.4) is 0 Å². The molecule has 2 aliphatic heterocycles. The summed E-state index contributed by atoms with van der Waals surface area (Å²) in [6.45, 7) is 6.98. The van der Waals surface area contributed by atoms with Gasteiger partial charge in [0.2, 0.25) is 11.8 Å². The van der Waals surface area contributed by atoms with Gasteiger partial charge in [0, 0.05) is 38.0 Å². The lowest BCUT2D eigenvalue weighted by atomic mass is 10.1. The van der Waals surface area contributed by atoms with Crippen LogP contribution in [0.15, 0.2) is 29.2 Å². The van der Waals surface area contributed by atoms with Crippen LogP contribution in [0.2, 0.25) is 0 Å². The van der Waals surface area contributed by atoms with Crippen molar-refractivity contribution >= 4 is 11.8 Å². The highest BCUT2D eigenvalue weighted by atomic mass is 19.4. The number of fused-ring (bicyclic) bond motifs is 1. The zero-order chi connectivity index (χ0) is 23.8. The predicted octanol–water partition coefficient (Wildman–Crippen LogP) is 2.99. The molecule has 0 aromatic carbocycles. The van der Waals surface area contributed by atoms with Crippen molar-refractivity contribution in [3.05, 3.63) is 40.3 Å². The van der Waals surface area contributed by atoms with Crippen molar-refractivity contribution in [2.75, 3.05) is 29.6 Å². The van der Waals surface area contributed by atoms with Crippen molar-refractivity contribution in [3.63, 3.8) is 0 Å². The van der Waals surface area contributed by atoms with E-state index in [1.165, 1.54) is 21.7 Å². The third kappa shape index (κ3) is 5.07. The summed E-state index contributed by atoms with van der Waals surface area (Å²) in [5.74, 6) is 0.791. The molecule has 0 radical (unpaired) electrons. The van der Waals surface area contributed by atoms with Gasteiger partial charge in [-0.25, -0.2) is 4.98 Å². The van der Waals surface area contributed by atoms with E-state index in [9.17, 15) is 18.0 Å². The van der Waals surface area contributed by atoms with Crippen molar-refractivity contribution in [1.82, 2.24) is 14.5 Å². The molecule has 1 fully saturated rings. The Hall–Kier alpha value is -2.82. The van der Waals surface area contributed by atoms with Gasteiger partial charge in [-0.2, -0.15) is 18.2 Å². The van der Waals surface area contributed by atoms with Crippen LogP contribution in [0.5, 0.6) is 5.88 Å². The first-order chi connectivity index (χ1) is 15.6. The molecule has 2 atom stereocenters. The summed E-state index contributed by atoms with van der Waals surface area (Å²) in [6.07, 6.45) is -3.27. The standard InChI is InChI=1S/C22H28F3N5O3/c1-14(2)33-19-5-4-16(11-26-19)12-30-17(22(23,24)25)6-7-29-20(31)10-18(27-21(29)30)28-8-9-32-13-15(28)3/h4-5,10-11,14-15,17H,6-9,12-13H2,1-3H3. The number of hydrogen-bond donors (Lipinski definition) is 0. The van der Waals surface area contributed by atoms with E-state index < -0.39 is 12.2 Å². The minimum absolute atomic E-state index is 0.0206. The molecule has 8 nitrogen and oxygen atoms in total. The van der Waals surface area contributed by atoms with Gasteiger partial charge in [-0.15, -0.1) is 0 Å². The highest BCUT2D eigenvalue weighted by Crippen LogP contribution is 2.35. The average Bonchev–Trinajstić information content (AvgIpc) is 2.74. The van der Waals surface area contributed by atoms with Crippen molar-refractivity contribution in [3.8, 4) is 5.88 Å². The number of pyridine rings is 1. The molecule has 2 aromatic heterocycles. The van der Waals surface area contributed by atoms with Crippen LogP contribution >= 0.6 is 0 Å². The fourth-order valence-corrected chi connectivity index (χ4v) is 4.21. The molecule has 4 heterocycles. The Bertz CT molecular complexity index is 1030. The highest BCUT2D eigenvalue weighted by Gasteiger charge is 2.47. The van der Waals surface area contributed by atoms with Gasteiger partial charge >= 0.3 is 6.18 Å². The third-order valence-electron chi connectivity index (χ3n) is 5.78. The topological polar surface area (TPSA) is 72.7 Å². The normalized spacial score (nSPS) is 21.3. The first-order valence-electron chi connectivity index (χ1n) is 11.0. The number of halogens is 3. The zero-order valence-electron chi connectivity index (χ0n) is 18.9. The fraction of sp³-hybridized carbons (Fsp3) is 0.591. The second-order valence-electron chi connectivity index (χ2n) is 8.67. The Morgan fingerprint density at radius 1 is 1.27 bits per heavy atom. The second-order valence-corrected chi connectivity index (χ2v) is 8.67. The van der Waals surface area contributed by atoms with Crippen molar-refractivity contribution < 1.29 is 22.6 Å². The van der Waals surface area contributed by atoms with Crippen LogP contribution in [0.4, 0.5) is 24.9 Å². The van der Waals surface area contributed by atoms with Crippen molar-refractivity contribution in [2.24, 2.45) is 0 Å². The maximum Gasteiger partial charge on any atom is 0.408 e. The average molecular weight is 467 g/mol. The smallest absolute Gasteiger partial charge is 0.408 e. The molecule has 0 saturated carbocycles. The largest absolute Gasteiger partial charge is 0.475 e. The molecule has 0 aliphatic carbocycles. The summed E-state index contributed by atoms with van der Waals surface area (Å²) in [6, 6.07) is 2.92. The number of aromatic nitrogens is 3. The summed E-state index contributed by atoms with van der Waals surface area (Å²) < 4.78 is 54.3. The Morgan fingerprint density at radius 2 is 2.06 bits per heavy atom. The molecule has 0 spiro atoms. The van der Waals surface area contributed by atoms with Gasteiger partial charge in [0.15, 0.2) is 0 Å². The van der Waals surface area contributed by atoms with Gasteiger partial charge in [0.1, 0.15) is 11.9 Å². The second kappa shape index (κ2) is 9.20. The van der Waals surface area contributed by atoms with Crippen LogP contribution < -0.4 is 20.1 Å². The summed E-state index contributed by atoms with van der Waals surface area (Å²) in [4.78, 5) is 24.7. The van der Waals surface area contributed by atoms with Crippen molar-refractivity contribution in [2.45, 2.75) is 64.6 Å². The monoisotopic (exact) mass is 467 g/mol. The Labute approximate surface area is 189 Å². The van der Waals surface area contributed by atoms with Crippen LogP contribution in [-0.2, 0) is 17.8 Å². The van der Waals surface area contributed by atoms with E-state index in [2.05, 4.69) is 9.97 Å². The first-order valence-corrected chi connectivity index (χ1v) is 11.0. The van der Waals surface area contributed by atoms with E-state index >= 15 is 0 Å². The molecular weight excluding hydrogens is 439 g/mol. The maximum absolute atomic E-state index is 14.0. The minimum atomic E-state index is -4.47. The Morgan fingerprint density at radius 3 is 2.70 bits per heavy atom. The summed E-state index contributed by atoms with van der Waals surface area (Å²) in [5, 5.41) is 0. The van der Waals surface area contributed by atoms with E-state index in [4.69, 9.17) is 9.47 Å². The van der Waals surface area contributed by atoms with Crippen LogP contribution in [0.25, 0.3) is 0 Å². The lowest BCUT2D eigenvalue weighted by Gasteiger charge is -2.40. The maximum atomic E-state index is 14.0. The molecular formula is C22H28F3N5O3. The molecule has 180 valence electrons.